The van der Waals surface area contributed by atoms with Crippen molar-refractivity contribution >= 4 is 27.8 Å². The predicted octanol–water partition coefficient (Wildman–Crippen LogP) is 1.45. The van der Waals surface area contributed by atoms with Crippen molar-refractivity contribution in [2.75, 3.05) is 4.72 Å². The summed E-state index contributed by atoms with van der Waals surface area (Å²) in [6, 6.07) is 3.54. The molecule has 0 aliphatic carbocycles. The van der Waals surface area contributed by atoms with Crippen molar-refractivity contribution in [3.63, 3.8) is 0 Å². The molecule has 7 nitrogen and oxygen atoms in total. The molecule has 0 saturated heterocycles. The van der Waals surface area contributed by atoms with Gasteiger partial charge in [-0.15, -0.1) is 0 Å². The SMILES string of the molecule is O=C(O)C=Cc1ccc(NS(=O)(=O)c2cnc[nH]2)cc1F. The van der Waals surface area contributed by atoms with E-state index in [1.165, 1.54) is 18.5 Å². The number of imidazole rings is 1. The minimum absolute atomic E-state index is 0.00887. The minimum Gasteiger partial charge on any atom is -0.478 e. The first-order valence-electron chi connectivity index (χ1n) is 5.60. The first kappa shape index (κ1) is 14.7. The van der Waals surface area contributed by atoms with Gasteiger partial charge in [0, 0.05) is 11.6 Å². The maximum absolute atomic E-state index is 13.7. The number of carboxylic acid groups (broad SMARTS) is 1. The average Bonchev–Trinajstić information content (AvgIpc) is 2.91. The molecule has 110 valence electrons. The number of hydrogen-bond donors (Lipinski definition) is 3. The number of hydrogen-bond acceptors (Lipinski definition) is 4. The molecular weight excluding hydrogens is 301 g/mol. The zero-order valence-corrected chi connectivity index (χ0v) is 11.3. The average molecular weight is 311 g/mol. The molecule has 0 bridgehead atoms. The lowest BCUT2D eigenvalue weighted by Crippen LogP contribution is -2.13. The summed E-state index contributed by atoms with van der Waals surface area (Å²) in [4.78, 5) is 16.4. The van der Waals surface area contributed by atoms with Crippen LogP contribution in [0.3, 0.4) is 0 Å². The fourth-order valence-corrected chi connectivity index (χ4v) is 2.44. The second-order valence-electron chi connectivity index (χ2n) is 3.93. The van der Waals surface area contributed by atoms with Crippen molar-refractivity contribution < 1.29 is 22.7 Å². The van der Waals surface area contributed by atoms with E-state index in [0.717, 1.165) is 24.4 Å². The number of aromatic nitrogens is 2. The van der Waals surface area contributed by atoms with Crippen molar-refractivity contribution in [1.29, 1.82) is 0 Å². The third-order valence-electron chi connectivity index (χ3n) is 2.42. The van der Waals surface area contributed by atoms with Crippen LogP contribution in [-0.2, 0) is 14.8 Å². The lowest BCUT2D eigenvalue weighted by Gasteiger charge is -2.07. The number of benzene rings is 1. The number of H-pyrrole nitrogens is 1. The molecule has 1 aromatic carbocycles. The number of aliphatic carboxylic acids is 1. The molecule has 0 fully saturated rings. The van der Waals surface area contributed by atoms with Crippen molar-refractivity contribution in [3.8, 4) is 0 Å². The molecule has 0 spiro atoms. The van der Waals surface area contributed by atoms with E-state index < -0.39 is 21.8 Å². The first-order chi connectivity index (χ1) is 9.88. The first-order valence-corrected chi connectivity index (χ1v) is 7.08. The Bertz CT molecular complexity index is 785. The molecule has 9 heteroatoms. The maximum Gasteiger partial charge on any atom is 0.328 e. The van der Waals surface area contributed by atoms with Crippen LogP contribution in [0.4, 0.5) is 10.1 Å². The molecule has 0 aliphatic heterocycles. The Balaban J connectivity index is 2.23. The normalized spacial score (nSPS) is 11.7. The van der Waals surface area contributed by atoms with Crippen LogP contribution in [0.5, 0.6) is 0 Å². The zero-order chi connectivity index (χ0) is 15.5. The van der Waals surface area contributed by atoms with Gasteiger partial charge >= 0.3 is 5.97 Å². The minimum atomic E-state index is -3.87. The van der Waals surface area contributed by atoms with Gasteiger partial charge in [0.1, 0.15) is 5.82 Å². The quantitative estimate of drug-likeness (QED) is 0.723. The summed E-state index contributed by atoms with van der Waals surface area (Å²) in [5.74, 6) is -1.96. The molecule has 1 aromatic heterocycles. The monoisotopic (exact) mass is 311 g/mol. The standard InChI is InChI=1S/C12H10FN3O4S/c13-10-5-9(3-1-8(10)2-4-12(17)18)16-21(19,20)11-6-14-7-15-11/h1-7,16H,(H,14,15)(H,17,18). The number of aromatic amines is 1. The molecule has 1 heterocycles. The molecule has 2 rings (SSSR count). The topological polar surface area (TPSA) is 112 Å². The second kappa shape index (κ2) is 5.75. The van der Waals surface area contributed by atoms with Crippen molar-refractivity contribution in [2.24, 2.45) is 0 Å². The molecule has 0 saturated carbocycles. The van der Waals surface area contributed by atoms with Crippen LogP contribution in [0, 0.1) is 5.82 Å². The number of rotatable bonds is 5. The van der Waals surface area contributed by atoms with Crippen LogP contribution in [0.25, 0.3) is 6.08 Å². The highest BCUT2D eigenvalue weighted by Gasteiger charge is 2.16. The van der Waals surface area contributed by atoms with E-state index in [1.54, 1.807) is 0 Å². The summed E-state index contributed by atoms with van der Waals surface area (Å²) in [5.41, 5.74) is 0.0384. The van der Waals surface area contributed by atoms with E-state index in [2.05, 4.69) is 14.7 Å². The van der Waals surface area contributed by atoms with Gasteiger partial charge in [0.15, 0.2) is 5.03 Å². The Hall–Kier alpha value is -2.68. The molecule has 0 amide bonds. The Morgan fingerprint density at radius 2 is 2.19 bits per heavy atom. The van der Waals surface area contributed by atoms with Crippen LogP contribution in [0.15, 0.2) is 41.8 Å². The zero-order valence-electron chi connectivity index (χ0n) is 10.4. The van der Waals surface area contributed by atoms with Crippen LogP contribution in [0.1, 0.15) is 5.56 Å². The van der Waals surface area contributed by atoms with Crippen LogP contribution in [0.2, 0.25) is 0 Å². The summed E-state index contributed by atoms with van der Waals surface area (Å²) >= 11 is 0. The Morgan fingerprint density at radius 1 is 1.43 bits per heavy atom. The summed E-state index contributed by atoms with van der Waals surface area (Å²) in [7, 11) is -3.87. The highest BCUT2D eigenvalue weighted by atomic mass is 32.2. The van der Waals surface area contributed by atoms with E-state index in [-0.39, 0.29) is 16.3 Å². The summed E-state index contributed by atoms with van der Waals surface area (Å²) < 4.78 is 39.6. The van der Waals surface area contributed by atoms with Gasteiger partial charge in [0.05, 0.1) is 18.2 Å². The van der Waals surface area contributed by atoms with E-state index in [1.807, 2.05) is 0 Å². The van der Waals surface area contributed by atoms with Crippen LogP contribution >= 0.6 is 0 Å². The van der Waals surface area contributed by atoms with E-state index in [9.17, 15) is 17.6 Å². The molecule has 3 N–H and O–H groups in total. The molecule has 0 atom stereocenters. The van der Waals surface area contributed by atoms with Crippen LogP contribution < -0.4 is 4.72 Å². The largest absolute Gasteiger partial charge is 0.478 e. The number of carboxylic acids is 1. The number of nitrogens with one attached hydrogen (secondary N) is 2. The lowest BCUT2D eigenvalue weighted by atomic mass is 10.2. The van der Waals surface area contributed by atoms with Crippen molar-refractivity contribution in [1.82, 2.24) is 9.97 Å². The predicted molar refractivity (Wildman–Crippen MR) is 72.5 cm³/mol. The summed E-state index contributed by atoms with van der Waals surface area (Å²) in [6.07, 6.45) is 4.18. The number of sulfonamides is 1. The Kier molecular flexibility index (Phi) is 4.03. The van der Waals surface area contributed by atoms with Crippen molar-refractivity contribution in [2.45, 2.75) is 5.03 Å². The molecule has 0 radical (unpaired) electrons. The third kappa shape index (κ3) is 3.66. The highest BCUT2D eigenvalue weighted by molar-refractivity contribution is 7.92. The lowest BCUT2D eigenvalue weighted by molar-refractivity contribution is -0.131. The number of anilines is 1. The van der Waals surface area contributed by atoms with Gasteiger partial charge in [-0.2, -0.15) is 8.42 Å². The maximum atomic E-state index is 13.7. The Morgan fingerprint density at radius 3 is 2.76 bits per heavy atom. The van der Waals surface area contributed by atoms with Gasteiger partial charge in [-0.1, -0.05) is 0 Å². The van der Waals surface area contributed by atoms with Crippen molar-refractivity contribution in [3.05, 3.63) is 48.2 Å². The Labute approximate surface area is 119 Å². The fourth-order valence-electron chi connectivity index (χ4n) is 1.49. The van der Waals surface area contributed by atoms with E-state index in [0.29, 0.717) is 0 Å². The molecule has 0 aliphatic rings. The molecular formula is C12H10FN3O4S. The van der Waals surface area contributed by atoms with Gasteiger partial charge in [0.25, 0.3) is 10.0 Å². The van der Waals surface area contributed by atoms with Gasteiger partial charge in [0.2, 0.25) is 0 Å². The molecule has 0 unspecified atom stereocenters. The third-order valence-corrected chi connectivity index (χ3v) is 3.73. The van der Waals surface area contributed by atoms with Crippen LogP contribution in [-0.4, -0.2) is 29.5 Å². The van der Waals surface area contributed by atoms with E-state index in [4.69, 9.17) is 5.11 Å². The van der Waals surface area contributed by atoms with Gasteiger partial charge in [-0.25, -0.2) is 14.2 Å². The van der Waals surface area contributed by atoms with Gasteiger partial charge in [-0.3, -0.25) is 4.72 Å². The van der Waals surface area contributed by atoms with Gasteiger partial charge < -0.3 is 10.1 Å². The smallest absolute Gasteiger partial charge is 0.328 e. The second-order valence-corrected chi connectivity index (χ2v) is 5.58. The number of carbonyl (C=O) groups is 1. The molecule has 2 aromatic rings. The highest BCUT2D eigenvalue weighted by Crippen LogP contribution is 2.18. The summed E-state index contributed by atoms with van der Waals surface area (Å²) in [6.45, 7) is 0. The van der Waals surface area contributed by atoms with E-state index >= 15 is 0 Å². The summed E-state index contributed by atoms with van der Waals surface area (Å²) in [5, 5.41) is 8.31. The van der Waals surface area contributed by atoms with Gasteiger partial charge in [-0.05, 0) is 24.3 Å². The fraction of sp³-hybridized carbons (Fsp3) is 0. The number of nitrogens with zero attached hydrogens (tertiary/aromatic N) is 1. The number of halogens is 1. The molecule has 21 heavy (non-hydrogen) atoms.